The second kappa shape index (κ2) is 6.72. The van der Waals surface area contributed by atoms with Crippen LogP contribution in [0.2, 0.25) is 5.02 Å². The predicted molar refractivity (Wildman–Crippen MR) is 110 cm³/mol. The minimum absolute atomic E-state index is 0.736. The molecule has 3 aromatic rings. The topological polar surface area (TPSA) is 3.24 Å². The Kier molecular flexibility index (Phi) is 4.23. The second-order valence-corrected chi connectivity index (χ2v) is 8.40. The van der Waals surface area contributed by atoms with Gasteiger partial charge in [-0.05, 0) is 64.6 Å². The van der Waals surface area contributed by atoms with Crippen molar-refractivity contribution < 1.29 is 0 Å². The van der Waals surface area contributed by atoms with Crippen molar-refractivity contribution in [1.29, 1.82) is 0 Å². The monoisotopic (exact) mass is 361 g/mol. The molecule has 1 nitrogen and oxygen atoms in total. The van der Waals surface area contributed by atoms with Crippen LogP contribution in [0.4, 0.5) is 0 Å². The summed E-state index contributed by atoms with van der Waals surface area (Å²) in [5.41, 5.74) is 2.96. The fraction of sp³-hybridized carbons (Fsp3) is 0.333. The first-order chi connectivity index (χ1) is 12.8. The molecular formula is C24H24ClN. The lowest BCUT2D eigenvalue weighted by Crippen LogP contribution is -2.33. The molecule has 132 valence electrons. The third kappa shape index (κ3) is 2.94. The molecule has 5 rings (SSSR count). The summed E-state index contributed by atoms with van der Waals surface area (Å²) >= 11 is 6.04. The van der Waals surface area contributed by atoms with Gasteiger partial charge in [0.05, 0.1) is 0 Å². The molecule has 26 heavy (non-hydrogen) atoms. The zero-order chi connectivity index (χ0) is 17.5. The molecule has 2 heteroatoms. The molecule has 1 saturated carbocycles. The third-order valence-corrected chi connectivity index (χ3v) is 6.77. The summed E-state index contributed by atoms with van der Waals surface area (Å²) in [4.78, 5) is 2.69. The molecule has 0 amide bonds. The first-order valence-corrected chi connectivity index (χ1v) is 10.1. The zero-order valence-corrected chi connectivity index (χ0v) is 15.7. The van der Waals surface area contributed by atoms with Gasteiger partial charge in [-0.2, -0.15) is 0 Å². The number of rotatable bonds is 4. The van der Waals surface area contributed by atoms with Gasteiger partial charge in [-0.25, -0.2) is 0 Å². The van der Waals surface area contributed by atoms with Crippen molar-refractivity contribution in [2.45, 2.75) is 18.8 Å². The van der Waals surface area contributed by atoms with Gasteiger partial charge in [0.15, 0.2) is 0 Å². The van der Waals surface area contributed by atoms with Crippen LogP contribution >= 0.6 is 11.6 Å². The first-order valence-electron chi connectivity index (χ1n) is 9.72. The van der Waals surface area contributed by atoms with E-state index >= 15 is 0 Å². The van der Waals surface area contributed by atoms with Crippen molar-refractivity contribution in [1.82, 2.24) is 4.90 Å². The van der Waals surface area contributed by atoms with Crippen LogP contribution in [0.3, 0.4) is 0 Å². The third-order valence-electron chi connectivity index (χ3n) is 6.52. The Morgan fingerprint density at radius 3 is 2.58 bits per heavy atom. The van der Waals surface area contributed by atoms with E-state index in [2.05, 4.69) is 59.5 Å². The Hall–Kier alpha value is -1.83. The molecule has 0 N–H and O–H groups in total. The van der Waals surface area contributed by atoms with E-state index in [1.54, 1.807) is 0 Å². The SMILES string of the molecule is Clc1ccc(C2CC3CN(CCc4cccc5ccccc45)CC32)cc1. The lowest BCUT2D eigenvalue weighted by atomic mass is 9.64. The number of hydrogen-bond donors (Lipinski definition) is 0. The van der Waals surface area contributed by atoms with E-state index in [0.29, 0.717) is 0 Å². The number of fused-ring (bicyclic) bond motifs is 2. The second-order valence-electron chi connectivity index (χ2n) is 7.97. The zero-order valence-electron chi connectivity index (χ0n) is 14.9. The maximum Gasteiger partial charge on any atom is 0.0406 e. The molecule has 2 aliphatic rings. The van der Waals surface area contributed by atoms with Crippen molar-refractivity contribution in [3.8, 4) is 0 Å². The van der Waals surface area contributed by atoms with Crippen molar-refractivity contribution >= 4 is 22.4 Å². The number of hydrogen-bond acceptors (Lipinski definition) is 1. The summed E-state index contributed by atoms with van der Waals surface area (Å²) < 4.78 is 0. The van der Waals surface area contributed by atoms with Crippen molar-refractivity contribution in [3.05, 3.63) is 82.9 Å². The van der Waals surface area contributed by atoms with Gasteiger partial charge in [0.25, 0.3) is 0 Å². The van der Waals surface area contributed by atoms with E-state index in [1.165, 1.54) is 48.0 Å². The van der Waals surface area contributed by atoms with Crippen molar-refractivity contribution in [3.63, 3.8) is 0 Å². The standard InChI is InChI=1S/C24H24ClN/c25-21-10-8-19(9-11-21)23-14-20-15-26(16-24(20)23)13-12-18-6-3-5-17-4-1-2-7-22(17)18/h1-11,20,23-24H,12-16H2. The highest BCUT2D eigenvalue weighted by Crippen LogP contribution is 2.51. The lowest BCUT2D eigenvalue weighted by molar-refractivity contribution is 0.191. The minimum atomic E-state index is 0.736. The number of nitrogens with zero attached hydrogens (tertiary/aromatic N) is 1. The van der Waals surface area contributed by atoms with E-state index in [-0.39, 0.29) is 0 Å². The van der Waals surface area contributed by atoms with Crippen LogP contribution in [-0.2, 0) is 6.42 Å². The van der Waals surface area contributed by atoms with Gasteiger partial charge in [-0.15, -0.1) is 0 Å². The van der Waals surface area contributed by atoms with Crippen LogP contribution in [0.15, 0.2) is 66.7 Å². The first kappa shape index (κ1) is 16.4. The quantitative estimate of drug-likeness (QED) is 0.570. The average Bonchev–Trinajstić information content (AvgIpc) is 2.98. The molecule has 0 aromatic heterocycles. The van der Waals surface area contributed by atoms with Crippen molar-refractivity contribution in [2.75, 3.05) is 19.6 Å². The molecule has 1 aliphatic carbocycles. The molecule has 1 aliphatic heterocycles. The maximum absolute atomic E-state index is 6.04. The molecule has 0 spiro atoms. The average molecular weight is 362 g/mol. The van der Waals surface area contributed by atoms with Gasteiger partial charge in [-0.1, -0.05) is 66.2 Å². The highest BCUT2D eigenvalue weighted by molar-refractivity contribution is 6.30. The van der Waals surface area contributed by atoms with Crippen LogP contribution in [0, 0.1) is 11.8 Å². The van der Waals surface area contributed by atoms with Crippen LogP contribution in [0.1, 0.15) is 23.5 Å². The summed E-state index contributed by atoms with van der Waals surface area (Å²) in [6, 6.07) is 24.0. The van der Waals surface area contributed by atoms with Gasteiger partial charge >= 0.3 is 0 Å². The predicted octanol–water partition coefficient (Wildman–Crippen LogP) is 5.77. The van der Waals surface area contributed by atoms with Gasteiger partial charge in [-0.3, -0.25) is 0 Å². The van der Waals surface area contributed by atoms with E-state index in [1.807, 2.05) is 12.1 Å². The summed E-state index contributed by atoms with van der Waals surface area (Å²) in [5.74, 6) is 2.46. The van der Waals surface area contributed by atoms with Gasteiger partial charge in [0.2, 0.25) is 0 Å². The smallest absolute Gasteiger partial charge is 0.0406 e. The molecule has 3 aromatic carbocycles. The molecule has 3 unspecified atom stereocenters. The maximum atomic E-state index is 6.04. The van der Waals surface area contributed by atoms with E-state index in [0.717, 1.165) is 29.2 Å². The Labute approximate surface area is 160 Å². The van der Waals surface area contributed by atoms with Gasteiger partial charge < -0.3 is 4.90 Å². The fourth-order valence-corrected chi connectivity index (χ4v) is 5.19. The molecule has 2 fully saturated rings. The summed E-state index contributed by atoms with van der Waals surface area (Å²) in [5, 5.41) is 3.61. The Bertz CT molecular complexity index is 912. The van der Waals surface area contributed by atoms with Gasteiger partial charge in [0, 0.05) is 24.7 Å². The normalized spacial score (nSPS) is 25.2. The number of benzene rings is 3. The Balaban J connectivity index is 1.24. The molecular weight excluding hydrogens is 338 g/mol. The molecule has 0 bridgehead atoms. The van der Waals surface area contributed by atoms with Crippen LogP contribution in [0.5, 0.6) is 0 Å². The lowest BCUT2D eigenvalue weighted by Gasteiger charge is -2.40. The fourth-order valence-electron chi connectivity index (χ4n) is 5.06. The summed E-state index contributed by atoms with van der Waals surface area (Å²) in [6.07, 6.45) is 2.49. The Morgan fingerprint density at radius 1 is 0.885 bits per heavy atom. The van der Waals surface area contributed by atoms with E-state index in [4.69, 9.17) is 11.6 Å². The van der Waals surface area contributed by atoms with E-state index in [9.17, 15) is 0 Å². The van der Waals surface area contributed by atoms with Gasteiger partial charge in [0.1, 0.15) is 0 Å². The highest BCUT2D eigenvalue weighted by Gasteiger charge is 2.47. The molecule has 3 atom stereocenters. The summed E-state index contributed by atoms with van der Waals surface area (Å²) in [6.45, 7) is 3.70. The summed E-state index contributed by atoms with van der Waals surface area (Å²) in [7, 11) is 0. The van der Waals surface area contributed by atoms with E-state index < -0.39 is 0 Å². The molecule has 1 saturated heterocycles. The van der Waals surface area contributed by atoms with Crippen molar-refractivity contribution in [2.24, 2.45) is 11.8 Å². The molecule has 0 radical (unpaired) electrons. The Morgan fingerprint density at radius 2 is 1.69 bits per heavy atom. The highest BCUT2D eigenvalue weighted by atomic mass is 35.5. The van der Waals surface area contributed by atoms with Crippen LogP contribution in [-0.4, -0.2) is 24.5 Å². The minimum Gasteiger partial charge on any atom is -0.302 e. The van der Waals surface area contributed by atoms with Crippen LogP contribution < -0.4 is 0 Å². The largest absolute Gasteiger partial charge is 0.302 e. The molecule has 1 heterocycles. The number of likely N-dealkylation sites (tertiary alicyclic amines) is 1. The van der Waals surface area contributed by atoms with Crippen LogP contribution in [0.25, 0.3) is 10.8 Å². The number of halogens is 1.